The molecule has 0 aromatic heterocycles. The fourth-order valence-corrected chi connectivity index (χ4v) is 2.73. The van der Waals surface area contributed by atoms with E-state index in [-0.39, 0.29) is 42.0 Å². The second-order valence-corrected chi connectivity index (χ2v) is 6.18. The van der Waals surface area contributed by atoms with Crippen molar-refractivity contribution in [3.63, 3.8) is 0 Å². The summed E-state index contributed by atoms with van der Waals surface area (Å²) in [4.78, 5) is 25.9. The van der Waals surface area contributed by atoms with Gasteiger partial charge in [0.05, 0.1) is 0 Å². The van der Waals surface area contributed by atoms with Gasteiger partial charge in [0.25, 0.3) is 0 Å². The number of likely N-dealkylation sites (tertiary alicyclic amines) is 1. The third-order valence-electron chi connectivity index (χ3n) is 4.10. The molecular weight excluding hydrogens is 333 g/mol. The highest BCUT2D eigenvalue weighted by molar-refractivity contribution is 5.85. The Morgan fingerprint density at radius 3 is 2.42 bits per heavy atom. The number of benzene rings is 1. The summed E-state index contributed by atoms with van der Waals surface area (Å²) in [7, 11) is 0. The fourth-order valence-electron chi connectivity index (χ4n) is 2.73. The molecule has 0 radical (unpaired) electrons. The number of nitrogens with one attached hydrogen (secondary N) is 1. The number of hydrogen-bond donors (Lipinski definition) is 2. The zero-order chi connectivity index (χ0) is 16.8. The molecule has 1 atom stereocenters. The monoisotopic (exact) mass is 357 g/mol. The lowest BCUT2D eigenvalue weighted by molar-refractivity contribution is -0.135. The Balaban J connectivity index is 0.00000288. The Labute approximate surface area is 148 Å². The number of rotatable bonds is 5. The molecule has 1 aliphatic rings. The SMILES string of the molecule is CC(N)CC(=O)N1CCC(C(=O)NCc2ccc(F)cc2)CC1.Cl. The lowest BCUT2D eigenvalue weighted by atomic mass is 9.95. The number of nitrogens with two attached hydrogens (primary N) is 1. The molecule has 1 aliphatic heterocycles. The molecule has 134 valence electrons. The van der Waals surface area contributed by atoms with Crippen molar-refractivity contribution in [2.24, 2.45) is 11.7 Å². The lowest BCUT2D eigenvalue weighted by Crippen LogP contribution is -2.44. The average Bonchev–Trinajstić information content (AvgIpc) is 2.53. The van der Waals surface area contributed by atoms with Gasteiger partial charge in [-0.15, -0.1) is 12.4 Å². The molecule has 1 heterocycles. The van der Waals surface area contributed by atoms with Crippen molar-refractivity contribution in [3.05, 3.63) is 35.6 Å². The minimum absolute atomic E-state index is 0. The van der Waals surface area contributed by atoms with Crippen molar-refractivity contribution in [2.45, 2.75) is 38.8 Å². The summed E-state index contributed by atoms with van der Waals surface area (Å²) in [6.45, 7) is 3.40. The summed E-state index contributed by atoms with van der Waals surface area (Å²) in [6, 6.07) is 5.93. The molecule has 1 saturated heterocycles. The third kappa shape index (κ3) is 6.09. The van der Waals surface area contributed by atoms with Gasteiger partial charge in [-0.25, -0.2) is 4.39 Å². The van der Waals surface area contributed by atoms with E-state index in [2.05, 4.69) is 5.32 Å². The van der Waals surface area contributed by atoms with Crippen LogP contribution >= 0.6 is 12.4 Å². The predicted octanol–water partition coefficient (Wildman–Crippen LogP) is 1.84. The van der Waals surface area contributed by atoms with Gasteiger partial charge in [-0.3, -0.25) is 9.59 Å². The van der Waals surface area contributed by atoms with E-state index in [1.54, 1.807) is 17.0 Å². The smallest absolute Gasteiger partial charge is 0.224 e. The highest BCUT2D eigenvalue weighted by atomic mass is 35.5. The van der Waals surface area contributed by atoms with Gasteiger partial charge in [-0.1, -0.05) is 12.1 Å². The standard InChI is InChI=1S/C17H24FN3O2.ClH/c1-12(19)10-16(22)21-8-6-14(7-9-21)17(23)20-11-13-2-4-15(18)5-3-13;/h2-5,12,14H,6-11,19H2,1H3,(H,20,23);1H. The van der Waals surface area contributed by atoms with Crippen LogP contribution in [0.5, 0.6) is 0 Å². The molecule has 3 N–H and O–H groups in total. The maximum atomic E-state index is 12.8. The zero-order valence-corrected chi connectivity index (χ0v) is 14.7. The predicted molar refractivity (Wildman–Crippen MR) is 93.1 cm³/mol. The van der Waals surface area contributed by atoms with Crippen LogP contribution in [0.2, 0.25) is 0 Å². The van der Waals surface area contributed by atoms with Crippen molar-refractivity contribution < 1.29 is 14.0 Å². The highest BCUT2D eigenvalue weighted by Crippen LogP contribution is 2.18. The van der Waals surface area contributed by atoms with Gasteiger partial charge >= 0.3 is 0 Å². The molecule has 1 aromatic carbocycles. The Morgan fingerprint density at radius 1 is 1.29 bits per heavy atom. The Bertz CT molecular complexity index is 543. The van der Waals surface area contributed by atoms with E-state index in [1.807, 2.05) is 6.92 Å². The van der Waals surface area contributed by atoms with Gasteiger partial charge in [0, 0.05) is 38.0 Å². The van der Waals surface area contributed by atoms with E-state index in [4.69, 9.17) is 5.73 Å². The quantitative estimate of drug-likeness (QED) is 0.844. The summed E-state index contributed by atoms with van der Waals surface area (Å²) in [6.07, 6.45) is 1.68. The Hall–Kier alpha value is -1.66. The molecule has 0 aliphatic carbocycles. The number of hydrogen-bond acceptors (Lipinski definition) is 3. The normalized spacial score (nSPS) is 16.2. The van der Waals surface area contributed by atoms with Crippen molar-refractivity contribution >= 4 is 24.2 Å². The molecular formula is C17H25ClFN3O2. The molecule has 7 heteroatoms. The number of amides is 2. The Morgan fingerprint density at radius 2 is 1.88 bits per heavy atom. The van der Waals surface area contributed by atoms with E-state index < -0.39 is 0 Å². The van der Waals surface area contributed by atoms with Gasteiger partial charge in [0.1, 0.15) is 5.82 Å². The molecule has 1 fully saturated rings. The van der Waals surface area contributed by atoms with Crippen molar-refractivity contribution in [1.29, 1.82) is 0 Å². The van der Waals surface area contributed by atoms with Crippen molar-refractivity contribution in [2.75, 3.05) is 13.1 Å². The summed E-state index contributed by atoms with van der Waals surface area (Å²) in [5.74, 6) is -0.308. The van der Waals surface area contributed by atoms with Crippen LogP contribution in [0.1, 0.15) is 31.7 Å². The number of nitrogens with zero attached hydrogens (tertiary/aromatic N) is 1. The second kappa shape index (κ2) is 9.59. The van der Waals surface area contributed by atoms with E-state index >= 15 is 0 Å². The largest absolute Gasteiger partial charge is 0.352 e. The number of carbonyl (C=O) groups excluding carboxylic acids is 2. The van der Waals surface area contributed by atoms with Crippen LogP contribution in [0.4, 0.5) is 4.39 Å². The van der Waals surface area contributed by atoms with Crippen LogP contribution in [-0.2, 0) is 16.1 Å². The van der Waals surface area contributed by atoms with E-state index in [9.17, 15) is 14.0 Å². The number of carbonyl (C=O) groups is 2. The first-order valence-electron chi connectivity index (χ1n) is 8.01. The summed E-state index contributed by atoms with van der Waals surface area (Å²) >= 11 is 0. The van der Waals surface area contributed by atoms with E-state index in [1.165, 1.54) is 12.1 Å². The van der Waals surface area contributed by atoms with Gasteiger partial charge in [0.15, 0.2) is 0 Å². The lowest BCUT2D eigenvalue weighted by Gasteiger charge is -2.31. The van der Waals surface area contributed by atoms with Crippen LogP contribution < -0.4 is 11.1 Å². The topological polar surface area (TPSA) is 75.4 Å². The second-order valence-electron chi connectivity index (χ2n) is 6.18. The molecule has 2 amide bonds. The Kier molecular flexibility index (Phi) is 8.15. The third-order valence-corrected chi connectivity index (χ3v) is 4.10. The summed E-state index contributed by atoms with van der Waals surface area (Å²) < 4.78 is 12.8. The molecule has 0 saturated carbocycles. The van der Waals surface area contributed by atoms with Crippen LogP contribution in [-0.4, -0.2) is 35.8 Å². The van der Waals surface area contributed by atoms with Gasteiger partial charge < -0.3 is 16.0 Å². The average molecular weight is 358 g/mol. The van der Waals surface area contributed by atoms with Crippen molar-refractivity contribution in [1.82, 2.24) is 10.2 Å². The molecule has 0 bridgehead atoms. The number of piperidine rings is 1. The van der Waals surface area contributed by atoms with Gasteiger partial charge in [-0.05, 0) is 37.5 Å². The molecule has 1 unspecified atom stereocenters. The first-order chi connectivity index (χ1) is 11.0. The van der Waals surface area contributed by atoms with Crippen LogP contribution in [0.25, 0.3) is 0 Å². The van der Waals surface area contributed by atoms with Crippen LogP contribution in [0.15, 0.2) is 24.3 Å². The minimum atomic E-state index is -0.288. The first kappa shape index (κ1) is 20.4. The molecule has 24 heavy (non-hydrogen) atoms. The van der Waals surface area contributed by atoms with Gasteiger partial charge in [0.2, 0.25) is 11.8 Å². The minimum Gasteiger partial charge on any atom is -0.352 e. The summed E-state index contributed by atoms with van der Waals surface area (Å²) in [5.41, 5.74) is 6.51. The van der Waals surface area contributed by atoms with E-state index in [0.29, 0.717) is 38.9 Å². The molecule has 2 rings (SSSR count). The first-order valence-corrected chi connectivity index (χ1v) is 8.01. The zero-order valence-electron chi connectivity index (χ0n) is 13.8. The van der Waals surface area contributed by atoms with Gasteiger partial charge in [-0.2, -0.15) is 0 Å². The number of halogens is 2. The van der Waals surface area contributed by atoms with Crippen LogP contribution in [0.3, 0.4) is 0 Å². The molecule has 5 nitrogen and oxygen atoms in total. The fraction of sp³-hybridized carbons (Fsp3) is 0.529. The van der Waals surface area contributed by atoms with Crippen molar-refractivity contribution in [3.8, 4) is 0 Å². The summed E-state index contributed by atoms with van der Waals surface area (Å²) in [5, 5.41) is 2.88. The maximum Gasteiger partial charge on any atom is 0.224 e. The van der Waals surface area contributed by atoms with E-state index in [0.717, 1.165) is 5.56 Å². The molecule has 0 spiro atoms. The highest BCUT2D eigenvalue weighted by Gasteiger charge is 2.27. The molecule has 1 aromatic rings. The maximum absolute atomic E-state index is 12.8. The van der Waals surface area contributed by atoms with Crippen LogP contribution in [0, 0.1) is 11.7 Å².